The Balaban J connectivity index is 1.63. The number of halogens is 1. The maximum Gasteiger partial charge on any atom is 0.217 e. The van der Waals surface area contributed by atoms with Crippen LogP contribution in [0.5, 0.6) is 5.75 Å². The number of hydrogen-bond acceptors (Lipinski definition) is 3. The smallest absolute Gasteiger partial charge is 0.217 e. The van der Waals surface area contributed by atoms with Gasteiger partial charge < -0.3 is 10.1 Å². The lowest BCUT2D eigenvalue weighted by Crippen LogP contribution is -2.45. The molecule has 110 valence electrons. The monoisotopic (exact) mass is 296 g/mol. The van der Waals surface area contributed by atoms with Crippen LogP contribution in [0.1, 0.15) is 19.8 Å². The summed E-state index contributed by atoms with van der Waals surface area (Å²) in [4.78, 5) is 13.4. The van der Waals surface area contributed by atoms with E-state index in [4.69, 9.17) is 16.3 Å². The molecule has 20 heavy (non-hydrogen) atoms. The average molecular weight is 297 g/mol. The van der Waals surface area contributed by atoms with E-state index in [2.05, 4.69) is 10.2 Å². The maximum absolute atomic E-state index is 11.0. The fourth-order valence-corrected chi connectivity index (χ4v) is 2.54. The largest absolute Gasteiger partial charge is 0.492 e. The normalized spacial score (nSPS) is 16.9. The number of benzene rings is 1. The first-order chi connectivity index (χ1) is 9.63. The van der Waals surface area contributed by atoms with Gasteiger partial charge in [-0.2, -0.15) is 0 Å². The number of ether oxygens (including phenoxy) is 1. The first kappa shape index (κ1) is 15.1. The van der Waals surface area contributed by atoms with Crippen molar-refractivity contribution in [2.24, 2.45) is 0 Å². The van der Waals surface area contributed by atoms with Crippen molar-refractivity contribution >= 4 is 17.5 Å². The lowest BCUT2D eigenvalue weighted by atomic mass is 10.1. The standard InChI is InChI=1S/C15H21ClN2O2/c1-12(19)17-14-6-8-18(9-7-14)10-11-20-15-4-2-13(16)3-5-15/h2-5,14H,6-11H2,1H3,(H,17,19). The topological polar surface area (TPSA) is 41.6 Å². The van der Waals surface area contributed by atoms with Crippen LogP contribution in [0.4, 0.5) is 0 Å². The predicted molar refractivity (Wildman–Crippen MR) is 80.2 cm³/mol. The Labute approximate surface area is 125 Å². The van der Waals surface area contributed by atoms with Crippen LogP contribution in [0.25, 0.3) is 0 Å². The maximum atomic E-state index is 11.0. The molecule has 0 atom stereocenters. The lowest BCUT2D eigenvalue weighted by Gasteiger charge is -2.31. The Morgan fingerprint density at radius 2 is 2.00 bits per heavy atom. The van der Waals surface area contributed by atoms with E-state index in [0.29, 0.717) is 12.6 Å². The fourth-order valence-electron chi connectivity index (χ4n) is 2.41. The molecule has 1 heterocycles. The Morgan fingerprint density at radius 3 is 2.60 bits per heavy atom. The van der Waals surface area contributed by atoms with Crippen LogP contribution >= 0.6 is 11.6 Å². The number of amides is 1. The number of piperidine rings is 1. The van der Waals surface area contributed by atoms with Crippen molar-refractivity contribution in [3.05, 3.63) is 29.3 Å². The minimum Gasteiger partial charge on any atom is -0.492 e. The first-order valence-corrected chi connectivity index (χ1v) is 7.39. The van der Waals surface area contributed by atoms with Crippen LogP contribution in [-0.4, -0.2) is 43.1 Å². The van der Waals surface area contributed by atoms with E-state index in [0.717, 1.165) is 43.2 Å². The van der Waals surface area contributed by atoms with Crippen molar-refractivity contribution in [1.82, 2.24) is 10.2 Å². The summed E-state index contributed by atoms with van der Waals surface area (Å²) in [6, 6.07) is 7.75. The highest BCUT2D eigenvalue weighted by Crippen LogP contribution is 2.16. The minimum atomic E-state index is 0.0644. The molecule has 0 bridgehead atoms. The molecular weight excluding hydrogens is 276 g/mol. The van der Waals surface area contributed by atoms with Gasteiger partial charge in [-0.15, -0.1) is 0 Å². The van der Waals surface area contributed by atoms with Gasteiger partial charge >= 0.3 is 0 Å². The Hall–Kier alpha value is -1.26. The summed E-state index contributed by atoms with van der Waals surface area (Å²) in [5.74, 6) is 0.914. The highest BCUT2D eigenvalue weighted by molar-refractivity contribution is 6.30. The third kappa shape index (κ3) is 5.02. The molecule has 4 nitrogen and oxygen atoms in total. The molecule has 1 aromatic rings. The molecule has 2 rings (SSSR count). The summed E-state index contributed by atoms with van der Waals surface area (Å²) in [7, 11) is 0. The molecular formula is C15H21ClN2O2. The number of nitrogens with zero attached hydrogens (tertiary/aromatic N) is 1. The fraction of sp³-hybridized carbons (Fsp3) is 0.533. The number of rotatable bonds is 5. The number of likely N-dealkylation sites (tertiary alicyclic amines) is 1. The molecule has 1 fully saturated rings. The van der Waals surface area contributed by atoms with Gasteiger partial charge in [0.05, 0.1) is 0 Å². The summed E-state index contributed by atoms with van der Waals surface area (Å²) in [6.07, 6.45) is 2.03. The second-order valence-electron chi connectivity index (χ2n) is 5.12. The molecule has 0 saturated carbocycles. The minimum absolute atomic E-state index is 0.0644. The lowest BCUT2D eigenvalue weighted by molar-refractivity contribution is -0.119. The Bertz CT molecular complexity index is 428. The van der Waals surface area contributed by atoms with Gasteiger partial charge in [-0.1, -0.05) is 11.6 Å². The van der Waals surface area contributed by atoms with E-state index in [1.54, 1.807) is 6.92 Å². The van der Waals surface area contributed by atoms with E-state index in [1.807, 2.05) is 24.3 Å². The summed E-state index contributed by atoms with van der Waals surface area (Å²) in [5.41, 5.74) is 0. The van der Waals surface area contributed by atoms with E-state index < -0.39 is 0 Å². The molecule has 0 aromatic heterocycles. The molecule has 0 spiro atoms. The summed E-state index contributed by atoms with van der Waals surface area (Å²) >= 11 is 5.82. The highest BCUT2D eigenvalue weighted by Gasteiger charge is 2.19. The molecule has 0 radical (unpaired) electrons. The Kier molecular flexibility index (Phi) is 5.68. The number of carbonyl (C=O) groups is 1. The SMILES string of the molecule is CC(=O)NC1CCN(CCOc2ccc(Cl)cc2)CC1. The van der Waals surface area contributed by atoms with Crippen LogP contribution in [0, 0.1) is 0 Å². The van der Waals surface area contributed by atoms with Gasteiger partial charge in [0.15, 0.2) is 0 Å². The molecule has 1 saturated heterocycles. The number of carbonyl (C=O) groups excluding carboxylic acids is 1. The zero-order valence-electron chi connectivity index (χ0n) is 11.8. The predicted octanol–water partition coefficient (Wildman–Crippen LogP) is 2.32. The van der Waals surface area contributed by atoms with Gasteiger partial charge in [0.2, 0.25) is 5.91 Å². The molecule has 1 N–H and O–H groups in total. The molecule has 1 amide bonds. The van der Waals surface area contributed by atoms with Crippen LogP contribution in [-0.2, 0) is 4.79 Å². The van der Waals surface area contributed by atoms with E-state index in [1.165, 1.54) is 0 Å². The van der Waals surface area contributed by atoms with Crippen molar-refractivity contribution in [3.8, 4) is 5.75 Å². The van der Waals surface area contributed by atoms with Crippen LogP contribution in [0.15, 0.2) is 24.3 Å². The Morgan fingerprint density at radius 1 is 1.35 bits per heavy atom. The van der Waals surface area contributed by atoms with E-state index >= 15 is 0 Å². The van der Waals surface area contributed by atoms with Crippen molar-refractivity contribution in [2.45, 2.75) is 25.8 Å². The molecule has 1 aliphatic heterocycles. The average Bonchev–Trinajstić information content (AvgIpc) is 2.42. The number of nitrogens with one attached hydrogen (secondary N) is 1. The second kappa shape index (κ2) is 7.50. The quantitative estimate of drug-likeness (QED) is 0.907. The highest BCUT2D eigenvalue weighted by atomic mass is 35.5. The van der Waals surface area contributed by atoms with Crippen molar-refractivity contribution in [3.63, 3.8) is 0 Å². The molecule has 5 heteroatoms. The molecule has 1 aromatic carbocycles. The van der Waals surface area contributed by atoms with E-state index in [9.17, 15) is 4.79 Å². The van der Waals surface area contributed by atoms with Crippen LogP contribution in [0.3, 0.4) is 0 Å². The van der Waals surface area contributed by atoms with Gasteiger partial charge in [-0.05, 0) is 37.1 Å². The second-order valence-corrected chi connectivity index (χ2v) is 5.56. The summed E-state index contributed by atoms with van der Waals surface area (Å²) in [6.45, 7) is 5.18. The van der Waals surface area contributed by atoms with Gasteiger partial charge in [0.1, 0.15) is 12.4 Å². The van der Waals surface area contributed by atoms with Gasteiger partial charge in [0, 0.05) is 37.6 Å². The van der Waals surface area contributed by atoms with Gasteiger partial charge in [0.25, 0.3) is 0 Å². The molecule has 1 aliphatic rings. The van der Waals surface area contributed by atoms with Crippen LogP contribution < -0.4 is 10.1 Å². The van der Waals surface area contributed by atoms with Crippen molar-refractivity contribution in [1.29, 1.82) is 0 Å². The summed E-state index contributed by atoms with van der Waals surface area (Å²) < 4.78 is 5.69. The van der Waals surface area contributed by atoms with Gasteiger partial charge in [-0.3, -0.25) is 9.69 Å². The van der Waals surface area contributed by atoms with Gasteiger partial charge in [-0.25, -0.2) is 0 Å². The third-order valence-electron chi connectivity index (χ3n) is 3.48. The summed E-state index contributed by atoms with van der Waals surface area (Å²) in [5, 5.41) is 3.70. The molecule has 0 unspecified atom stereocenters. The molecule has 0 aliphatic carbocycles. The van der Waals surface area contributed by atoms with Crippen molar-refractivity contribution < 1.29 is 9.53 Å². The van der Waals surface area contributed by atoms with Crippen molar-refractivity contribution in [2.75, 3.05) is 26.2 Å². The zero-order valence-corrected chi connectivity index (χ0v) is 12.5. The third-order valence-corrected chi connectivity index (χ3v) is 3.74. The van der Waals surface area contributed by atoms with E-state index in [-0.39, 0.29) is 5.91 Å². The number of hydrogen-bond donors (Lipinski definition) is 1. The zero-order chi connectivity index (χ0) is 14.4. The van der Waals surface area contributed by atoms with Crippen LogP contribution in [0.2, 0.25) is 5.02 Å². The first-order valence-electron chi connectivity index (χ1n) is 7.01.